The van der Waals surface area contributed by atoms with Crippen molar-refractivity contribution in [1.29, 1.82) is 0 Å². The van der Waals surface area contributed by atoms with Gasteiger partial charge in [0, 0.05) is 78.2 Å². The predicted molar refractivity (Wildman–Crippen MR) is 205 cm³/mol. The Hall–Kier alpha value is -4.33. The smallest absolute Gasteiger partial charge is 0.324 e. The first-order chi connectivity index (χ1) is 25.5. The van der Waals surface area contributed by atoms with Crippen molar-refractivity contribution in [3.8, 4) is 22.5 Å². The lowest BCUT2D eigenvalue weighted by Crippen LogP contribution is -2.61. The maximum atomic E-state index is 14.2. The van der Waals surface area contributed by atoms with Gasteiger partial charge in [0.25, 0.3) is 5.91 Å². The molecular formula is C40H51N7O5S. The highest BCUT2D eigenvalue weighted by Crippen LogP contribution is 2.42. The molecule has 0 radical (unpaired) electrons. The number of aromatic nitrogens is 3. The molecular weight excluding hydrogens is 691 g/mol. The number of cyclic esters (lactones) is 1. The van der Waals surface area contributed by atoms with Gasteiger partial charge in [-0.25, -0.2) is 15.2 Å². The fraction of sp³-hybridized carbons (Fsp3) is 0.525. The second kappa shape index (κ2) is 15.2. The first kappa shape index (κ1) is 37.0. The minimum Gasteiger partial charge on any atom is -0.464 e. The summed E-state index contributed by atoms with van der Waals surface area (Å²) in [6.07, 6.45) is 5.47. The number of aryl methyl sites for hydroxylation is 1. The van der Waals surface area contributed by atoms with Gasteiger partial charge >= 0.3 is 12.0 Å². The number of carbonyl (C=O) groups is 3. The predicted octanol–water partition coefficient (Wildman–Crippen LogP) is 6.28. The average Bonchev–Trinajstić information content (AvgIpc) is 3.89. The van der Waals surface area contributed by atoms with Crippen LogP contribution in [-0.2, 0) is 38.4 Å². The van der Waals surface area contributed by atoms with Gasteiger partial charge in [-0.05, 0) is 82.7 Å². The topological polar surface area (TPSA) is 131 Å². The molecule has 13 heteroatoms. The van der Waals surface area contributed by atoms with Crippen molar-refractivity contribution in [2.75, 3.05) is 26.8 Å². The highest BCUT2D eigenvalue weighted by molar-refractivity contribution is 7.10. The number of urea groups is 1. The van der Waals surface area contributed by atoms with E-state index in [0.29, 0.717) is 32.4 Å². The summed E-state index contributed by atoms with van der Waals surface area (Å²) in [6, 6.07) is 8.84. The van der Waals surface area contributed by atoms with Crippen LogP contribution in [-0.4, -0.2) is 87.3 Å². The number of hydrazine groups is 1. The van der Waals surface area contributed by atoms with Crippen molar-refractivity contribution < 1.29 is 23.9 Å². The SMILES string of the molecule is CCn1c(-c2cccnc2[C@H](C)OC)c2c3cc(ccc31)-c1csc(n1)C[C@H](NC(=O)N1CCC[C@H]1C)C(=O)N1CCC[C@H](N1)C(=O)OCC(C)(C)C2. The lowest BCUT2D eigenvalue weighted by atomic mass is 9.84. The summed E-state index contributed by atoms with van der Waals surface area (Å²) < 4.78 is 14.2. The molecule has 3 aliphatic rings. The average molecular weight is 742 g/mol. The van der Waals surface area contributed by atoms with Crippen molar-refractivity contribution in [2.24, 2.45) is 5.41 Å². The van der Waals surface area contributed by atoms with Crippen molar-refractivity contribution in [3.63, 3.8) is 0 Å². The lowest BCUT2D eigenvalue weighted by Gasteiger charge is -2.36. The summed E-state index contributed by atoms with van der Waals surface area (Å²) in [6.45, 7) is 12.4. The number of methoxy groups -OCH3 is 1. The molecule has 1 aromatic carbocycles. The van der Waals surface area contributed by atoms with Gasteiger partial charge in [-0.1, -0.05) is 19.9 Å². The van der Waals surface area contributed by atoms with Crippen LogP contribution in [0, 0.1) is 5.41 Å². The molecule has 6 bridgehead atoms. The van der Waals surface area contributed by atoms with Crippen LogP contribution in [0.3, 0.4) is 0 Å². The molecule has 3 aliphatic heterocycles. The number of likely N-dealkylation sites (tertiary alicyclic amines) is 1. The molecule has 282 valence electrons. The number of fused-ring (bicyclic) bond motifs is 6. The first-order valence-electron chi connectivity index (χ1n) is 18.9. The van der Waals surface area contributed by atoms with Crippen molar-refractivity contribution >= 4 is 40.1 Å². The molecule has 2 saturated heterocycles. The normalized spacial score (nSPS) is 22.8. The number of benzene rings is 1. The molecule has 0 spiro atoms. The van der Waals surface area contributed by atoms with E-state index in [1.54, 1.807) is 18.2 Å². The standard InChI is InChI=1S/C40H51N7O5S/c1-7-45-33-15-14-26-19-28(33)29(36(45)27-12-8-16-41-35(27)25(3)51-6)21-40(4,5)23-52-38(49)30-13-10-18-47(44-30)37(48)31(20-34-42-32(26)22-53-34)43-39(50)46-17-9-11-24(46)2/h8,12,14-16,19,22,24-25,30-31,44H,7,9-11,13,17-18,20-21,23H2,1-6H3,(H,43,50)/t24-,25+,30+,31+/m1/s1. The quantitative estimate of drug-likeness (QED) is 0.229. The Morgan fingerprint density at radius 2 is 2.00 bits per heavy atom. The largest absolute Gasteiger partial charge is 0.464 e. The number of nitrogens with one attached hydrogen (secondary N) is 2. The Kier molecular flexibility index (Phi) is 10.6. The summed E-state index contributed by atoms with van der Waals surface area (Å²) >= 11 is 1.48. The second-order valence-electron chi connectivity index (χ2n) is 15.4. The van der Waals surface area contributed by atoms with Gasteiger partial charge in [0.05, 0.1) is 34.8 Å². The zero-order chi connectivity index (χ0) is 37.4. The van der Waals surface area contributed by atoms with E-state index in [2.05, 4.69) is 60.3 Å². The number of hydrogen-bond donors (Lipinski definition) is 2. The fourth-order valence-electron chi connectivity index (χ4n) is 8.03. The Morgan fingerprint density at radius 1 is 1.19 bits per heavy atom. The third-order valence-electron chi connectivity index (χ3n) is 10.9. The van der Waals surface area contributed by atoms with Crippen molar-refractivity contribution in [1.82, 2.24) is 35.2 Å². The maximum Gasteiger partial charge on any atom is 0.324 e. The van der Waals surface area contributed by atoms with Crippen LogP contribution in [0.5, 0.6) is 0 Å². The summed E-state index contributed by atoms with van der Waals surface area (Å²) in [4.78, 5) is 52.9. The number of ether oxygens (including phenoxy) is 2. The van der Waals surface area contributed by atoms with Crippen molar-refractivity contribution in [2.45, 2.75) is 104 Å². The van der Waals surface area contributed by atoms with Gasteiger partial charge in [-0.15, -0.1) is 11.3 Å². The zero-order valence-electron chi connectivity index (χ0n) is 31.6. The van der Waals surface area contributed by atoms with E-state index in [-0.39, 0.29) is 37.1 Å². The number of thiazole rings is 1. The molecule has 53 heavy (non-hydrogen) atoms. The van der Waals surface area contributed by atoms with Crippen LogP contribution in [0.4, 0.5) is 4.79 Å². The van der Waals surface area contributed by atoms with Crippen molar-refractivity contribution in [3.05, 3.63) is 58.2 Å². The molecule has 12 nitrogen and oxygen atoms in total. The first-order valence-corrected chi connectivity index (χ1v) is 19.7. The van der Waals surface area contributed by atoms with E-state index in [0.717, 1.165) is 69.1 Å². The molecule has 4 aromatic rings. The Morgan fingerprint density at radius 3 is 2.75 bits per heavy atom. The molecule has 3 amide bonds. The van der Waals surface area contributed by atoms with Crippen LogP contribution < -0.4 is 10.7 Å². The molecule has 2 N–H and O–H groups in total. The third kappa shape index (κ3) is 7.43. The second-order valence-corrected chi connectivity index (χ2v) is 16.3. The molecule has 0 unspecified atom stereocenters. The van der Waals surface area contributed by atoms with Crippen LogP contribution in [0.1, 0.15) is 82.7 Å². The van der Waals surface area contributed by atoms with Gasteiger partial charge < -0.3 is 24.3 Å². The minimum atomic E-state index is -0.868. The number of pyridine rings is 1. The Labute approximate surface area is 315 Å². The van der Waals surface area contributed by atoms with E-state index in [9.17, 15) is 14.4 Å². The minimum absolute atomic E-state index is 0.100. The maximum absolute atomic E-state index is 14.2. The van der Waals surface area contributed by atoms with E-state index < -0.39 is 23.5 Å². The number of amides is 3. The summed E-state index contributed by atoms with van der Waals surface area (Å²) in [5.41, 5.74) is 9.66. The molecule has 0 aliphatic carbocycles. The van der Waals surface area contributed by atoms with Gasteiger partial charge in [0.15, 0.2) is 0 Å². The molecule has 4 atom stereocenters. The van der Waals surface area contributed by atoms with Crippen LogP contribution in [0.15, 0.2) is 41.9 Å². The number of rotatable bonds is 5. The lowest BCUT2D eigenvalue weighted by molar-refractivity contribution is -0.155. The number of hydrogen-bond acceptors (Lipinski definition) is 9. The highest BCUT2D eigenvalue weighted by atomic mass is 32.1. The molecule has 0 saturated carbocycles. The highest BCUT2D eigenvalue weighted by Gasteiger charge is 2.37. The Bertz CT molecular complexity index is 2010. The fourth-order valence-corrected chi connectivity index (χ4v) is 8.88. The van der Waals surface area contributed by atoms with Gasteiger partial charge in [-0.3, -0.25) is 19.6 Å². The van der Waals surface area contributed by atoms with Crippen LogP contribution >= 0.6 is 11.3 Å². The molecule has 2 fully saturated rings. The number of esters is 1. The monoisotopic (exact) mass is 741 g/mol. The molecule has 7 rings (SSSR count). The van der Waals surface area contributed by atoms with E-state index >= 15 is 0 Å². The van der Waals surface area contributed by atoms with Gasteiger partial charge in [0.1, 0.15) is 12.1 Å². The third-order valence-corrected chi connectivity index (χ3v) is 11.8. The summed E-state index contributed by atoms with van der Waals surface area (Å²) in [5, 5.41) is 8.39. The van der Waals surface area contributed by atoms with Gasteiger partial charge in [-0.2, -0.15) is 0 Å². The van der Waals surface area contributed by atoms with E-state index in [1.165, 1.54) is 16.3 Å². The van der Waals surface area contributed by atoms with Crippen LogP contribution in [0.25, 0.3) is 33.4 Å². The van der Waals surface area contributed by atoms with E-state index in [4.69, 9.17) is 19.4 Å². The summed E-state index contributed by atoms with van der Waals surface area (Å²) in [5.74, 6) is -0.687. The van der Waals surface area contributed by atoms with Crippen LogP contribution in [0.2, 0.25) is 0 Å². The van der Waals surface area contributed by atoms with Gasteiger partial charge in [0.2, 0.25) is 0 Å². The van der Waals surface area contributed by atoms with E-state index in [1.807, 2.05) is 25.3 Å². The molecule has 3 aromatic heterocycles. The summed E-state index contributed by atoms with van der Waals surface area (Å²) in [7, 11) is 1.70. The number of nitrogens with zero attached hydrogens (tertiary/aromatic N) is 5. The number of carbonyl (C=O) groups excluding carboxylic acids is 3. The Balaban J connectivity index is 1.34. The molecule has 6 heterocycles. The zero-order valence-corrected chi connectivity index (χ0v) is 32.4.